The van der Waals surface area contributed by atoms with Crippen molar-refractivity contribution in [2.75, 3.05) is 0 Å². The van der Waals surface area contributed by atoms with E-state index in [0.29, 0.717) is 12.8 Å². The van der Waals surface area contributed by atoms with Crippen LogP contribution in [0, 0.1) is 11.8 Å². The van der Waals surface area contributed by atoms with Crippen molar-refractivity contribution in [3.05, 3.63) is 35.9 Å². The highest BCUT2D eigenvalue weighted by Gasteiger charge is 2.30. The van der Waals surface area contributed by atoms with Crippen LogP contribution >= 0.6 is 0 Å². The summed E-state index contributed by atoms with van der Waals surface area (Å²) in [6.07, 6.45) is 0.802. The van der Waals surface area contributed by atoms with Gasteiger partial charge in [0.15, 0.2) is 0 Å². The van der Waals surface area contributed by atoms with Gasteiger partial charge in [0.2, 0.25) is 11.8 Å². The number of ether oxygens (including phenoxy) is 1. The van der Waals surface area contributed by atoms with E-state index in [1.807, 2.05) is 58.0 Å². The molecule has 1 aromatic carbocycles. The Morgan fingerprint density at radius 2 is 1.63 bits per heavy atom. The topological polar surface area (TPSA) is 84.5 Å². The molecule has 6 heteroatoms. The van der Waals surface area contributed by atoms with Gasteiger partial charge in [-0.25, -0.2) is 4.79 Å². The fraction of sp³-hybridized carbons (Fsp3) is 0.571. The molecule has 6 nitrogen and oxygen atoms in total. The summed E-state index contributed by atoms with van der Waals surface area (Å²) < 4.78 is 5.37. The maximum absolute atomic E-state index is 12.7. The van der Waals surface area contributed by atoms with Crippen LogP contribution in [0.3, 0.4) is 0 Å². The maximum Gasteiger partial charge on any atom is 0.329 e. The molecule has 0 aliphatic carbocycles. The van der Waals surface area contributed by atoms with Crippen LogP contribution in [-0.2, 0) is 25.7 Å². The zero-order valence-electron chi connectivity index (χ0n) is 17.0. The summed E-state index contributed by atoms with van der Waals surface area (Å²) in [5.41, 5.74) is 0.882. The summed E-state index contributed by atoms with van der Waals surface area (Å²) in [7, 11) is 0. The minimum absolute atomic E-state index is 0.140. The molecule has 0 bridgehead atoms. The first-order valence-corrected chi connectivity index (χ1v) is 9.54. The lowest BCUT2D eigenvalue weighted by molar-refractivity contribution is -0.150. The SMILES string of the molecule is CCC(=O)N[C@@H](CC(C)C)C(=O)N[C@H](C(=O)OCc1ccccc1)C(C)C. The third-order valence-electron chi connectivity index (χ3n) is 4.12. The Morgan fingerprint density at radius 3 is 2.15 bits per heavy atom. The molecule has 0 heterocycles. The molecule has 150 valence electrons. The zero-order valence-corrected chi connectivity index (χ0v) is 17.0. The zero-order chi connectivity index (χ0) is 20.4. The van der Waals surface area contributed by atoms with E-state index in [2.05, 4.69) is 10.6 Å². The lowest BCUT2D eigenvalue weighted by Gasteiger charge is -2.25. The fourth-order valence-corrected chi connectivity index (χ4v) is 2.57. The van der Waals surface area contributed by atoms with Gasteiger partial charge in [0.25, 0.3) is 0 Å². The van der Waals surface area contributed by atoms with Crippen LogP contribution in [0.25, 0.3) is 0 Å². The van der Waals surface area contributed by atoms with Crippen molar-refractivity contribution in [1.82, 2.24) is 10.6 Å². The lowest BCUT2D eigenvalue weighted by Crippen LogP contribution is -2.53. The van der Waals surface area contributed by atoms with Crippen LogP contribution in [0.1, 0.15) is 53.0 Å². The molecule has 0 saturated carbocycles. The molecule has 2 amide bonds. The monoisotopic (exact) mass is 376 g/mol. The van der Waals surface area contributed by atoms with Gasteiger partial charge in [-0.15, -0.1) is 0 Å². The lowest BCUT2D eigenvalue weighted by atomic mass is 10.0. The Kier molecular flexibility index (Phi) is 9.54. The predicted octanol–water partition coefficient (Wildman–Crippen LogP) is 2.81. The van der Waals surface area contributed by atoms with Crippen molar-refractivity contribution < 1.29 is 19.1 Å². The number of carbonyl (C=O) groups is 3. The van der Waals surface area contributed by atoms with Gasteiger partial charge < -0.3 is 15.4 Å². The summed E-state index contributed by atoms with van der Waals surface area (Å²) >= 11 is 0. The number of nitrogens with one attached hydrogen (secondary N) is 2. The van der Waals surface area contributed by atoms with Crippen LogP contribution < -0.4 is 10.6 Å². The number of carbonyl (C=O) groups excluding carboxylic acids is 3. The number of rotatable bonds is 10. The first-order chi connectivity index (χ1) is 12.7. The molecule has 1 rings (SSSR count). The van der Waals surface area contributed by atoms with Crippen LogP contribution in [0.2, 0.25) is 0 Å². The van der Waals surface area contributed by atoms with Crippen molar-refractivity contribution in [3.63, 3.8) is 0 Å². The normalized spacial score (nSPS) is 13.1. The molecule has 1 aromatic rings. The Bertz CT molecular complexity index is 614. The molecule has 0 aliphatic heterocycles. The molecule has 0 aromatic heterocycles. The minimum Gasteiger partial charge on any atom is -0.459 e. The second kappa shape index (κ2) is 11.4. The summed E-state index contributed by atoms with van der Waals surface area (Å²) in [6.45, 7) is 9.53. The largest absolute Gasteiger partial charge is 0.459 e. The summed E-state index contributed by atoms with van der Waals surface area (Å²) in [6, 6.07) is 7.94. The maximum atomic E-state index is 12.7. The van der Waals surface area contributed by atoms with E-state index in [1.54, 1.807) is 6.92 Å². The average molecular weight is 376 g/mol. The first-order valence-electron chi connectivity index (χ1n) is 9.54. The van der Waals surface area contributed by atoms with Gasteiger partial charge in [-0.3, -0.25) is 9.59 Å². The van der Waals surface area contributed by atoms with E-state index in [-0.39, 0.29) is 30.3 Å². The van der Waals surface area contributed by atoms with Gasteiger partial charge in [0.05, 0.1) is 0 Å². The number of hydrogen-bond acceptors (Lipinski definition) is 4. The molecule has 27 heavy (non-hydrogen) atoms. The molecular weight excluding hydrogens is 344 g/mol. The molecule has 0 radical (unpaired) electrons. The van der Waals surface area contributed by atoms with Crippen LogP contribution in [0.15, 0.2) is 30.3 Å². The predicted molar refractivity (Wildman–Crippen MR) is 105 cm³/mol. The molecule has 0 unspecified atom stereocenters. The average Bonchev–Trinajstić information content (AvgIpc) is 2.63. The van der Waals surface area contributed by atoms with E-state index >= 15 is 0 Å². The summed E-state index contributed by atoms with van der Waals surface area (Å²) in [4.78, 5) is 36.9. The molecule has 0 fully saturated rings. The van der Waals surface area contributed by atoms with Crippen molar-refractivity contribution in [1.29, 1.82) is 0 Å². The van der Waals surface area contributed by atoms with Crippen molar-refractivity contribution in [2.24, 2.45) is 11.8 Å². The number of esters is 1. The van der Waals surface area contributed by atoms with E-state index in [0.717, 1.165) is 5.56 Å². The summed E-state index contributed by atoms with van der Waals surface area (Å²) in [5, 5.41) is 5.49. The Balaban J connectivity index is 2.75. The van der Waals surface area contributed by atoms with Gasteiger partial charge in [0.1, 0.15) is 18.7 Å². The van der Waals surface area contributed by atoms with Gasteiger partial charge in [0, 0.05) is 6.42 Å². The number of amides is 2. The second-order valence-corrected chi connectivity index (χ2v) is 7.43. The molecular formula is C21H32N2O4. The van der Waals surface area contributed by atoms with E-state index in [4.69, 9.17) is 4.74 Å². The minimum atomic E-state index is -0.769. The van der Waals surface area contributed by atoms with Gasteiger partial charge >= 0.3 is 5.97 Å². The molecule has 0 spiro atoms. The van der Waals surface area contributed by atoms with Gasteiger partial charge in [-0.05, 0) is 23.8 Å². The van der Waals surface area contributed by atoms with E-state index < -0.39 is 18.1 Å². The van der Waals surface area contributed by atoms with Crippen LogP contribution in [0.4, 0.5) is 0 Å². The fourth-order valence-electron chi connectivity index (χ4n) is 2.57. The smallest absolute Gasteiger partial charge is 0.329 e. The number of benzene rings is 1. The second-order valence-electron chi connectivity index (χ2n) is 7.43. The van der Waals surface area contributed by atoms with Crippen LogP contribution in [0.5, 0.6) is 0 Å². The molecule has 2 N–H and O–H groups in total. The Hall–Kier alpha value is -2.37. The van der Waals surface area contributed by atoms with E-state index in [1.165, 1.54) is 0 Å². The van der Waals surface area contributed by atoms with Gasteiger partial charge in [-0.2, -0.15) is 0 Å². The first kappa shape index (κ1) is 22.7. The Labute approximate surface area is 162 Å². The standard InChI is InChI=1S/C21H32N2O4/c1-6-18(24)22-17(12-14(2)3)20(25)23-19(15(4)5)21(26)27-13-16-10-8-7-9-11-16/h7-11,14-15,17,19H,6,12-13H2,1-5H3,(H,22,24)(H,23,25)/t17-,19-/m0/s1. The number of hydrogen-bond donors (Lipinski definition) is 2. The highest BCUT2D eigenvalue weighted by atomic mass is 16.5. The highest BCUT2D eigenvalue weighted by molar-refractivity contribution is 5.90. The molecule has 0 aliphatic rings. The van der Waals surface area contributed by atoms with Crippen molar-refractivity contribution in [2.45, 2.75) is 66.2 Å². The summed E-state index contributed by atoms with van der Waals surface area (Å²) in [5.74, 6) is -0.948. The van der Waals surface area contributed by atoms with E-state index in [9.17, 15) is 14.4 Å². The van der Waals surface area contributed by atoms with Crippen LogP contribution in [-0.4, -0.2) is 29.9 Å². The Morgan fingerprint density at radius 1 is 1.00 bits per heavy atom. The quantitative estimate of drug-likeness (QED) is 0.615. The molecule has 2 atom stereocenters. The van der Waals surface area contributed by atoms with Gasteiger partial charge in [-0.1, -0.05) is 65.0 Å². The van der Waals surface area contributed by atoms with Crippen molar-refractivity contribution in [3.8, 4) is 0 Å². The van der Waals surface area contributed by atoms with Crippen molar-refractivity contribution >= 4 is 17.8 Å². The third kappa shape index (κ3) is 8.24. The highest BCUT2D eigenvalue weighted by Crippen LogP contribution is 2.10. The third-order valence-corrected chi connectivity index (χ3v) is 4.12. The molecule has 0 saturated heterocycles.